The molecule has 1 atom stereocenters. The van der Waals surface area contributed by atoms with Crippen LogP contribution in [0.5, 0.6) is 5.75 Å². The van der Waals surface area contributed by atoms with Crippen LogP contribution in [-0.4, -0.2) is 10.5 Å². The number of fused-ring (bicyclic) bond motifs is 1. The predicted octanol–water partition coefficient (Wildman–Crippen LogP) is 2.67. The summed E-state index contributed by atoms with van der Waals surface area (Å²) in [6.45, 7) is 1.82. The Bertz CT molecular complexity index is 572. The van der Waals surface area contributed by atoms with Crippen LogP contribution in [0.4, 0.5) is 0 Å². The Morgan fingerprint density at radius 2 is 2.19 bits per heavy atom. The van der Waals surface area contributed by atoms with E-state index in [0.29, 0.717) is 17.6 Å². The normalized spacial score (nSPS) is 12.9. The molecule has 0 saturated heterocycles. The summed E-state index contributed by atoms with van der Waals surface area (Å²) in [6, 6.07) is 6.43. The Hall–Kier alpha value is -1.48. The molecule has 0 fully saturated rings. The minimum absolute atomic E-state index is 0.0779. The molecule has 4 heteroatoms. The van der Waals surface area contributed by atoms with Gasteiger partial charge in [0.2, 0.25) is 0 Å². The minimum Gasteiger partial charge on any atom is -0.508 e. The molecule has 0 aliphatic heterocycles. The van der Waals surface area contributed by atoms with E-state index < -0.39 is 5.63 Å². The molecule has 2 aromatic rings. The van der Waals surface area contributed by atoms with Crippen molar-refractivity contribution in [2.45, 2.75) is 18.7 Å². The number of phenolic OH excluding ortho intramolecular Hbond substituents is 1. The largest absolute Gasteiger partial charge is 0.508 e. The maximum absolute atomic E-state index is 11.6. The zero-order valence-corrected chi connectivity index (χ0v) is 9.49. The summed E-state index contributed by atoms with van der Waals surface area (Å²) in [5, 5.41) is 9.92. The van der Waals surface area contributed by atoms with Crippen LogP contribution in [0.1, 0.15) is 12.5 Å². The topological polar surface area (TPSA) is 50.4 Å². The summed E-state index contributed by atoms with van der Waals surface area (Å²) in [6.07, 6.45) is 0.473. The highest BCUT2D eigenvalue weighted by molar-refractivity contribution is 6.20. The van der Waals surface area contributed by atoms with Gasteiger partial charge in [-0.15, -0.1) is 11.6 Å². The van der Waals surface area contributed by atoms with Gasteiger partial charge in [-0.3, -0.25) is 0 Å². The summed E-state index contributed by atoms with van der Waals surface area (Å²) in [5.41, 5.74) is 0.544. The van der Waals surface area contributed by atoms with Crippen molar-refractivity contribution < 1.29 is 9.52 Å². The summed E-state index contributed by atoms with van der Waals surface area (Å²) in [4.78, 5) is 11.6. The van der Waals surface area contributed by atoms with Gasteiger partial charge >= 0.3 is 5.63 Å². The summed E-state index contributed by atoms with van der Waals surface area (Å²) in [5.74, 6) is 0.0779. The van der Waals surface area contributed by atoms with Crippen LogP contribution in [0.25, 0.3) is 11.0 Å². The summed E-state index contributed by atoms with van der Waals surface area (Å²) < 4.78 is 5.10. The fraction of sp³-hybridized carbons (Fsp3) is 0.250. The van der Waals surface area contributed by atoms with Crippen molar-refractivity contribution in [3.05, 3.63) is 40.2 Å². The van der Waals surface area contributed by atoms with Crippen LogP contribution in [0.15, 0.2) is 33.5 Å². The number of benzene rings is 1. The molecule has 0 aliphatic rings. The van der Waals surface area contributed by atoms with E-state index in [2.05, 4.69) is 0 Å². The third-order valence-corrected chi connectivity index (χ3v) is 2.45. The molecule has 1 unspecified atom stereocenters. The molecule has 0 saturated carbocycles. The molecular weight excluding hydrogens is 228 g/mol. The molecular formula is C12H11ClO3. The highest BCUT2D eigenvalue weighted by atomic mass is 35.5. The van der Waals surface area contributed by atoms with Crippen LogP contribution < -0.4 is 5.63 Å². The Balaban J connectivity index is 2.58. The molecule has 2 rings (SSSR count). The van der Waals surface area contributed by atoms with Crippen molar-refractivity contribution in [1.82, 2.24) is 0 Å². The summed E-state index contributed by atoms with van der Waals surface area (Å²) >= 11 is 5.84. The standard InChI is InChI=1S/C12H11ClO3/c1-7(13)4-9-5-8-2-3-10(14)6-11(8)16-12(9)15/h2-3,5-7,14H,4H2,1H3. The first-order valence-electron chi connectivity index (χ1n) is 4.96. The van der Waals surface area contributed by atoms with Crippen LogP contribution >= 0.6 is 11.6 Å². The van der Waals surface area contributed by atoms with Gasteiger partial charge in [0.05, 0.1) is 0 Å². The number of hydrogen-bond acceptors (Lipinski definition) is 3. The lowest BCUT2D eigenvalue weighted by atomic mass is 10.1. The first-order valence-corrected chi connectivity index (χ1v) is 5.40. The number of halogens is 1. The molecule has 84 valence electrons. The number of hydrogen-bond donors (Lipinski definition) is 1. The monoisotopic (exact) mass is 238 g/mol. The quantitative estimate of drug-likeness (QED) is 0.646. The van der Waals surface area contributed by atoms with Crippen LogP contribution in [0.3, 0.4) is 0 Å². The molecule has 1 N–H and O–H groups in total. The maximum Gasteiger partial charge on any atom is 0.339 e. The van der Waals surface area contributed by atoms with Gasteiger partial charge in [0.1, 0.15) is 11.3 Å². The average molecular weight is 239 g/mol. The molecule has 0 bridgehead atoms. The zero-order chi connectivity index (χ0) is 11.7. The molecule has 0 radical (unpaired) electrons. The van der Waals surface area contributed by atoms with E-state index in [0.717, 1.165) is 5.39 Å². The van der Waals surface area contributed by atoms with Crippen LogP contribution in [0.2, 0.25) is 0 Å². The first-order chi connectivity index (χ1) is 7.56. The van der Waals surface area contributed by atoms with E-state index >= 15 is 0 Å². The minimum atomic E-state index is -0.398. The Morgan fingerprint density at radius 1 is 1.44 bits per heavy atom. The molecule has 1 aromatic carbocycles. The second kappa shape index (κ2) is 4.18. The van der Waals surface area contributed by atoms with Gasteiger partial charge in [-0.2, -0.15) is 0 Å². The van der Waals surface area contributed by atoms with Gasteiger partial charge in [0.15, 0.2) is 0 Å². The van der Waals surface area contributed by atoms with E-state index in [-0.39, 0.29) is 11.1 Å². The maximum atomic E-state index is 11.6. The number of rotatable bonds is 2. The van der Waals surface area contributed by atoms with E-state index in [1.165, 1.54) is 6.07 Å². The lowest BCUT2D eigenvalue weighted by Crippen LogP contribution is -2.11. The van der Waals surface area contributed by atoms with Crippen molar-refractivity contribution in [2.24, 2.45) is 0 Å². The average Bonchev–Trinajstić information content (AvgIpc) is 2.19. The van der Waals surface area contributed by atoms with Gasteiger partial charge in [-0.25, -0.2) is 4.79 Å². The van der Waals surface area contributed by atoms with Crippen LogP contribution in [-0.2, 0) is 6.42 Å². The van der Waals surface area contributed by atoms with Crippen molar-refractivity contribution >= 4 is 22.6 Å². The molecule has 0 amide bonds. The van der Waals surface area contributed by atoms with Gasteiger partial charge < -0.3 is 9.52 Å². The second-order valence-electron chi connectivity index (χ2n) is 3.77. The highest BCUT2D eigenvalue weighted by Crippen LogP contribution is 2.19. The third kappa shape index (κ3) is 2.19. The molecule has 1 aromatic heterocycles. The van der Waals surface area contributed by atoms with E-state index in [1.54, 1.807) is 18.2 Å². The van der Waals surface area contributed by atoms with Gasteiger partial charge in [-0.1, -0.05) is 0 Å². The number of alkyl halides is 1. The lowest BCUT2D eigenvalue weighted by molar-refractivity contribution is 0.472. The SMILES string of the molecule is CC(Cl)Cc1cc2ccc(O)cc2oc1=O. The van der Waals surface area contributed by atoms with Gasteiger partial charge in [0.25, 0.3) is 0 Å². The van der Waals surface area contributed by atoms with Crippen molar-refractivity contribution in [3.63, 3.8) is 0 Å². The first kappa shape index (κ1) is 11.0. The number of aromatic hydroxyl groups is 1. The lowest BCUT2D eigenvalue weighted by Gasteiger charge is -2.03. The van der Waals surface area contributed by atoms with Crippen molar-refractivity contribution in [2.75, 3.05) is 0 Å². The number of phenols is 1. The van der Waals surface area contributed by atoms with Gasteiger partial charge in [0, 0.05) is 22.4 Å². The van der Waals surface area contributed by atoms with Crippen molar-refractivity contribution in [3.8, 4) is 5.75 Å². The van der Waals surface area contributed by atoms with Crippen LogP contribution in [0, 0.1) is 0 Å². The Morgan fingerprint density at radius 3 is 2.88 bits per heavy atom. The molecule has 0 spiro atoms. The van der Waals surface area contributed by atoms with E-state index in [9.17, 15) is 9.90 Å². The fourth-order valence-corrected chi connectivity index (χ4v) is 1.75. The van der Waals surface area contributed by atoms with E-state index in [4.69, 9.17) is 16.0 Å². The zero-order valence-electron chi connectivity index (χ0n) is 8.74. The fourth-order valence-electron chi connectivity index (χ4n) is 1.59. The van der Waals surface area contributed by atoms with E-state index in [1.807, 2.05) is 6.92 Å². The highest BCUT2D eigenvalue weighted by Gasteiger charge is 2.08. The molecule has 1 heterocycles. The molecule has 3 nitrogen and oxygen atoms in total. The second-order valence-corrected chi connectivity index (χ2v) is 4.51. The smallest absolute Gasteiger partial charge is 0.339 e. The van der Waals surface area contributed by atoms with Gasteiger partial charge in [-0.05, 0) is 31.5 Å². The Labute approximate surface area is 97.3 Å². The third-order valence-electron chi connectivity index (χ3n) is 2.29. The molecule has 16 heavy (non-hydrogen) atoms. The predicted molar refractivity (Wildman–Crippen MR) is 63.2 cm³/mol. The molecule has 0 aliphatic carbocycles. The van der Waals surface area contributed by atoms with Crippen molar-refractivity contribution in [1.29, 1.82) is 0 Å². The summed E-state index contributed by atoms with van der Waals surface area (Å²) in [7, 11) is 0. The Kier molecular flexibility index (Phi) is 2.88.